The van der Waals surface area contributed by atoms with Crippen molar-refractivity contribution in [2.75, 3.05) is 31.5 Å². The van der Waals surface area contributed by atoms with Gasteiger partial charge in [0.05, 0.1) is 5.52 Å². The van der Waals surface area contributed by atoms with E-state index in [9.17, 15) is 0 Å². The van der Waals surface area contributed by atoms with Gasteiger partial charge in [-0.2, -0.15) is 4.37 Å². The summed E-state index contributed by atoms with van der Waals surface area (Å²) in [6.07, 6.45) is 5.54. The molecule has 0 aliphatic carbocycles. The third-order valence-corrected chi connectivity index (χ3v) is 4.63. The highest BCUT2D eigenvalue weighted by atomic mass is 32.1. The molecule has 3 nitrogen and oxygen atoms in total. The Morgan fingerprint density at radius 1 is 1.11 bits per heavy atom. The van der Waals surface area contributed by atoms with Crippen molar-refractivity contribution in [3.8, 4) is 0 Å². The predicted octanol–water partition coefficient (Wildman–Crippen LogP) is 3.58. The quantitative estimate of drug-likeness (QED) is 0.924. The van der Waals surface area contributed by atoms with E-state index in [1.54, 1.807) is 11.5 Å². The SMILES string of the molecule is c1ccc2c(NCCN3CCCCCC3)snc2c1. The number of benzene rings is 1. The van der Waals surface area contributed by atoms with Crippen LogP contribution in [0.4, 0.5) is 5.00 Å². The molecular weight excluding hydrogens is 254 g/mol. The van der Waals surface area contributed by atoms with Crippen LogP contribution in [0.25, 0.3) is 10.9 Å². The molecule has 1 aliphatic heterocycles. The third-order valence-electron chi connectivity index (χ3n) is 3.80. The molecule has 0 bridgehead atoms. The normalized spacial score (nSPS) is 17.5. The number of rotatable bonds is 4. The summed E-state index contributed by atoms with van der Waals surface area (Å²) in [7, 11) is 0. The van der Waals surface area contributed by atoms with Crippen LogP contribution in [-0.2, 0) is 0 Å². The second kappa shape index (κ2) is 6.35. The Labute approximate surface area is 118 Å². The molecule has 1 aliphatic rings. The molecule has 2 aromatic rings. The molecule has 1 aromatic carbocycles. The minimum absolute atomic E-state index is 1.02. The van der Waals surface area contributed by atoms with Gasteiger partial charge in [0.25, 0.3) is 0 Å². The Kier molecular flexibility index (Phi) is 4.30. The molecule has 4 heteroatoms. The molecule has 1 saturated heterocycles. The molecule has 2 heterocycles. The lowest BCUT2D eigenvalue weighted by Crippen LogP contribution is -2.29. The predicted molar refractivity (Wildman–Crippen MR) is 83.0 cm³/mol. The summed E-state index contributed by atoms with van der Waals surface area (Å²) in [5.41, 5.74) is 1.10. The minimum atomic E-state index is 1.02. The molecule has 0 atom stereocenters. The number of nitrogens with one attached hydrogen (secondary N) is 1. The van der Waals surface area contributed by atoms with Crippen LogP contribution in [-0.4, -0.2) is 35.5 Å². The highest BCUT2D eigenvalue weighted by Gasteiger charge is 2.09. The number of nitrogens with zero attached hydrogens (tertiary/aromatic N) is 2. The summed E-state index contributed by atoms with van der Waals surface area (Å²) in [6.45, 7) is 4.70. The summed E-state index contributed by atoms with van der Waals surface area (Å²) in [5, 5.41) is 6.02. The van der Waals surface area contributed by atoms with Crippen LogP contribution >= 0.6 is 11.5 Å². The van der Waals surface area contributed by atoms with E-state index in [2.05, 4.69) is 32.8 Å². The number of hydrogen-bond donors (Lipinski definition) is 1. The Bertz CT molecular complexity index is 515. The van der Waals surface area contributed by atoms with E-state index in [1.807, 2.05) is 6.07 Å². The Hall–Kier alpha value is -1.13. The molecule has 0 radical (unpaired) electrons. The first kappa shape index (κ1) is 12.9. The smallest absolute Gasteiger partial charge is 0.117 e. The van der Waals surface area contributed by atoms with E-state index in [4.69, 9.17) is 0 Å². The summed E-state index contributed by atoms with van der Waals surface area (Å²) in [6, 6.07) is 8.35. The Balaban J connectivity index is 1.54. The second-order valence-electron chi connectivity index (χ2n) is 5.21. The number of aromatic nitrogens is 1. The van der Waals surface area contributed by atoms with Gasteiger partial charge in [-0.15, -0.1) is 0 Å². The molecule has 1 aromatic heterocycles. The number of anilines is 1. The molecular formula is C15H21N3S. The van der Waals surface area contributed by atoms with Crippen molar-refractivity contribution in [1.29, 1.82) is 0 Å². The molecule has 102 valence electrons. The summed E-state index contributed by atoms with van der Waals surface area (Å²) < 4.78 is 4.46. The molecule has 19 heavy (non-hydrogen) atoms. The van der Waals surface area contributed by atoms with Gasteiger partial charge in [-0.25, -0.2) is 0 Å². The van der Waals surface area contributed by atoms with Crippen LogP contribution in [0.15, 0.2) is 24.3 Å². The maximum absolute atomic E-state index is 4.46. The van der Waals surface area contributed by atoms with Crippen LogP contribution in [0, 0.1) is 0 Å². The number of fused-ring (bicyclic) bond motifs is 1. The molecule has 1 fully saturated rings. The minimum Gasteiger partial charge on any atom is -0.374 e. The summed E-state index contributed by atoms with van der Waals surface area (Å²) in [4.78, 5) is 2.59. The molecule has 1 N–H and O–H groups in total. The fraction of sp³-hybridized carbons (Fsp3) is 0.533. The second-order valence-corrected chi connectivity index (χ2v) is 5.98. The highest BCUT2D eigenvalue weighted by molar-refractivity contribution is 7.11. The van der Waals surface area contributed by atoms with E-state index in [0.717, 1.165) is 18.6 Å². The van der Waals surface area contributed by atoms with Gasteiger partial charge in [-0.3, -0.25) is 0 Å². The molecule has 0 unspecified atom stereocenters. The van der Waals surface area contributed by atoms with Gasteiger partial charge < -0.3 is 10.2 Å². The van der Waals surface area contributed by atoms with Crippen LogP contribution in [0.1, 0.15) is 25.7 Å². The van der Waals surface area contributed by atoms with E-state index in [0.29, 0.717) is 0 Å². The Morgan fingerprint density at radius 3 is 2.74 bits per heavy atom. The van der Waals surface area contributed by atoms with Crippen molar-refractivity contribution in [2.45, 2.75) is 25.7 Å². The van der Waals surface area contributed by atoms with Crippen LogP contribution < -0.4 is 5.32 Å². The monoisotopic (exact) mass is 275 g/mol. The van der Waals surface area contributed by atoms with Crippen molar-refractivity contribution in [1.82, 2.24) is 9.27 Å². The van der Waals surface area contributed by atoms with E-state index in [-0.39, 0.29) is 0 Å². The van der Waals surface area contributed by atoms with Crippen LogP contribution in [0.5, 0.6) is 0 Å². The van der Waals surface area contributed by atoms with Gasteiger partial charge in [0, 0.05) is 18.5 Å². The lowest BCUT2D eigenvalue weighted by atomic mass is 10.2. The molecule has 0 amide bonds. The van der Waals surface area contributed by atoms with Gasteiger partial charge >= 0.3 is 0 Å². The van der Waals surface area contributed by atoms with Gasteiger partial charge in [-0.1, -0.05) is 25.0 Å². The topological polar surface area (TPSA) is 28.2 Å². The van der Waals surface area contributed by atoms with E-state index < -0.39 is 0 Å². The number of likely N-dealkylation sites (tertiary alicyclic amines) is 1. The fourth-order valence-electron chi connectivity index (χ4n) is 2.70. The lowest BCUT2D eigenvalue weighted by molar-refractivity contribution is 0.296. The van der Waals surface area contributed by atoms with Gasteiger partial charge in [-0.05, 0) is 49.6 Å². The zero-order valence-corrected chi connectivity index (χ0v) is 12.1. The van der Waals surface area contributed by atoms with Crippen molar-refractivity contribution in [3.63, 3.8) is 0 Å². The average Bonchev–Trinajstić information content (AvgIpc) is 2.68. The zero-order chi connectivity index (χ0) is 12.9. The first-order valence-corrected chi connectivity index (χ1v) is 8.01. The first-order chi connectivity index (χ1) is 9.43. The van der Waals surface area contributed by atoms with Crippen LogP contribution in [0.3, 0.4) is 0 Å². The largest absolute Gasteiger partial charge is 0.374 e. The molecule has 0 spiro atoms. The van der Waals surface area contributed by atoms with Crippen molar-refractivity contribution in [2.24, 2.45) is 0 Å². The van der Waals surface area contributed by atoms with Gasteiger partial charge in [0.1, 0.15) is 5.00 Å². The zero-order valence-electron chi connectivity index (χ0n) is 11.3. The van der Waals surface area contributed by atoms with Crippen LogP contribution in [0.2, 0.25) is 0 Å². The fourth-order valence-corrected chi connectivity index (χ4v) is 3.49. The average molecular weight is 275 g/mol. The lowest BCUT2D eigenvalue weighted by Gasteiger charge is -2.19. The van der Waals surface area contributed by atoms with Gasteiger partial charge in [0.15, 0.2) is 0 Å². The first-order valence-electron chi connectivity index (χ1n) is 7.24. The standard InChI is InChI=1S/C15H21N3S/c1-2-6-11-18(10-5-1)12-9-16-15-13-7-3-4-8-14(13)17-19-15/h3-4,7-8,16H,1-2,5-6,9-12H2. The van der Waals surface area contributed by atoms with Crippen molar-refractivity contribution < 1.29 is 0 Å². The van der Waals surface area contributed by atoms with E-state index in [1.165, 1.54) is 49.2 Å². The van der Waals surface area contributed by atoms with E-state index >= 15 is 0 Å². The van der Waals surface area contributed by atoms with Gasteiger partial charge in [0.2, 0.25) is 0 Å². The maximum atomic E-state index is 4.46. The maximum Gasteiger partial charge on any atom is 0.117 e. The Morgan fingerprint density at radius 2 is 1.89 bits per heavy atom. The summed E-state index contributed by atoms with van der Waals surface area (Å²) >= 11 is 1.57. The highest BCUT2D eigenvalue weighted by Crippen LogP contribution is 2.26. The van der Waals surface area contributed by atoms with Crippen molar-refractivity contribution >= 4 is 27.4 Å². The molecule has 3 rings (SSSR count). The summed E-state index contributed by atoms with van der Waals surface area (Å²) in [5.74, 6) is 0. The number of hydrogen-bond acceptors (Lipinski definition) is 4. The molecule has 0 saturated carbocycles. The third kappa shape index (κ3) is 3.25. The van der Waals surface area contributed by atoms with Crippen molar-refractivity contribution in [3.05, 3.63) is 24.3 Å².